The van der Waals surface area contributed by atoms with Crippen LogP contribution in [0.2, 0.25) is 0 Å². The molecule has 0 aromatic carbocycles. The number of carbonyl (C=O) groups excluding carboxylic acids is 1. The molecule has 0 aliphatic heterocycles. The largest absolute Gasteiger partial charge is 0.480 e. The number of carboxylic acid groups (broad SMARTS) is 1. The molecule has 118 valence electrons. The number of hydrogen-bond donors (Lipinski definition) is 3. The van der Waals surface area contributed by atoms with Gasteiger partial charge in [-0.3, -0.25) is 0 Å². The van der Waals surface area contributed by atoms with Crippen LogP contribution in [0.25, 0.3) is 0 Å². The maximum Gasteiger partial charge on any atom is 0.326 e. The van der Waals surface area contributed by atoms with Gasteiger partial charge in [-0.05, 0) is 38.3 Å². The Morgan fingerprint density at radius 1 is 1.43 bits per heavy atom. The molecule has 1 atom stereocenters. The van der Waals surface area contributed by atoms with Gasteiger partial charge in [0, 0.05) is 23.5 Å². The molecule has 0 fully saturated rings. The fourth-order valence-corrected chi connectivity index (χ4v) is 2.80. The Balaban J connectivity index is 2.40. The third-order valence-corrected chi connectivity index (χ3v) is 4.24. The van der Waals surface area contributed by atoms with Gasteiger partial charge in [-0.15, -0.1) is 11.3 Å². The zero-order chi connectivity index (χ0) is 15.8. The number of carbonyl (C=O) groups is 2. The van der Waals surface area contributed by atoms with Gasteiger partial charge in [0.2, 0.25) is 0 Å². The van der Waals surface area contributed by atoms with Gasteiger partial charge in [0.25, 0.3) is 0 Å². The molecule has 1 aromatic heterocycles. The van der Waals surface area contributed by atoms with Crippen molar-refractivity contribution in [2.24, 2.45) is 0 Å². The van der Waals surface area contributed by atoms with Crippen LogP contribution in [-0.2, 0) is 16.1 Å². The van der Waals surface area contributed by atoms with Crippen LogP contribution in [0.15, 0.2) is 6.07 Å². The first kappa shape index (κ1) is 17.5. The van der Waals surface area contributed by atoms with E-state index < -0.39 is 18.0 Å². The first-order chi connectivity index (χ1) is 9.93. The predicted molar refractivity (Wildman–Crippen MR) is 81.7 cm³/mol. The number of nitrogens with one attached hydrogen (secondary N) is 2. The van der Waals surface area contributed by atoms with Crippen molar-refractivity contribution in [1.29, 1.82) is 0 Å². The fourth-order valence-electron chi connectivity index (χ4n) is 1.80. The number of carboxylic acids is 1. The summed E-state index contributed by atoms with van der Waals surface area (Å²) in [5.41, 5.74) is 1.19. The van der Waals surface area contributed by atoms with Gasteiger partial charge in [0.1, 0.15) is 6.04 Å². The Hall–Kier alpha value is -1.60. The first-order valence-electron chi connectivity index (χ1n) is 6.76. The lowest BCUT2D eigenvalue weighted by Crippen LogP contribution is -2.45. The number of hydrogen-bond acceptors (Lipinski definition) is 4. The van der Waals surface area contributed by atoms with E-state index in [1.807, 2.05) is 19.9 Å². The number of amides is 2. The number of aliphatic carboxylic acids is 1. The second kappa shape index (κ2) is 8.63. The highest BCUT2D eigenvalue weighted by Gasteiger charge is 2.19. The number of aryl methyl sites for hydroxylation is 2. The van der Waals surface area contributed by atoms with Crippen LogP contribution in [0.4, 0.5) is 4.79 Å². The summed E-state index contributed by atoms with van der Waals surface area (Å²) < 4.78 is 4.88. The molecular formula is C14H22N2O4S. The number of thiophene rings is 1. The topological polar surface area (TPSA) is 87.7 Å². The SMILES string of the molecule is COCCCC(NC(=O)NCc1cc(C)c(C)s1)C(=O)O. The molecule has 0 aliphatic rings. The third-order valence-electron chi connectivity index (χ3n) is 3.08. The van der Waals surface area contributed by atoms with Crippen molar-refractivity contribution in [3.05, 3.63) is 21.4 Å². The number of ether oxygens (including phenoxy) is 1. The summed E-state index contributed by atoms with van der Waals surface area (Å²) in [4.78, 5) is 25.1. The van der Waals surface area contributed by atoms with Crippen LogP contribution >= 0.6 is 11.3 Å². The monoisotopic (exact) mass is 314 g/mol. The lowest BCUT2D eigenvalue weighted by atomic mass is 10.1. The first-order valence-corrected chi connectivity index (χ1v) is 7.57. The molecule has 0 saturated carbocycles. The molecular weight excluding hydrogens is 292 g/mol. The van der Waals surface area contributed by atoms with Crippen LogP contribution in [0, 0.1) is 13.8 Å². The Labute approximate surface area is 128 Å². The Kier molecular flexibility index (Phi) is 7.18. The van der Waals surface area contributed by atoms with Gasteiger partial charge in [0.15, 0.2) is 0 Å². The maximum atomic E-state index is 11.7. The summed E-state index contributed by atoms with van der Waals surface area (Å²) in [5, 5.41) is 14.2. The van der Waals surface area contributed by atoms with Crippen molar-refractivity contribution in [3.63, 3.8) is 0 Å². The van der Waals surface area contributed by atoms with Crippen molar-refractivity contribution in [1.82, 2.24) is 10.6 Å². The summed E-state index contributed by atoms with van der Waals surface area (Å²) in [6.07, 6.45) is 0.922. The smallest absolute Gasteiger partial charge is 0.326 e. The molecule has 0 radical (unpaired) electrons. The van der Waals surface area contributed by atoms with Crippen molar-refractivity contribution >= 4 is 23.3 Å². The van der Waals surface area contributed by atoms with Crippen LogP contribution in [0.3, 0.4) is 0 Å². The van der Waals surface area contributed by atoms with Crippen molar-refractivity contribution in [3.8, 4) is 0 Å². The zero-order valence-corrected chi connectivity index (χ0v) is 13.4. The third kappa shape index (κ3) is 6.14. The summed E-state index contributed by atoms with van der Waals surface area (Å²) in [6.45, 7) is 4.92. The van der Waals surface area contributed by atoms with Gasteiger partial charge in [-0.2, -0.15) is 0 Å². The molecule has 0 saturated heterocycles. The van der Waals surface area contributed by atoms with Crippen LogP contribution in [-0.4, -0.2) is 36.9 Å². The molecule has 1 rings (SSSR count). The molecule has 21 heavy (non-hydrogen) atoms. The van der Waals surface area contributed by atoms with E-state index in [-0.39, 0.29) is 0 Å². The van der Waals surface area contributed by atoms with Crippen LogP contribution in [0.1, 0.15) is 28.2 Å². The molecule has 1 heterocycles. The molecule has 2 amide bonds. The van der Waals surface area contributed by atoms with E-state index in [9.17, 15) is 9.59 Å². The average Bonchev–Trinajstić information content (AvgIpc) is 2.74. The molecule has 0 spiro atoms. The summed E-state index contributed by atoms with van der Waals surface area (Å²) >= 11 is 1.62. The van der Waals surface area contributed by atoms with Crippen LogP contribution in [0.5, 0.6) is 0 Å². The van der Waals surface area contributed by atoms with E-state index in [1.165, 1.54) is 10.4 Å². The van der Waals surface area contributed by atoms with E-state index in [0.717, 1.165) is 4.88 Å². The average molecular weight is 314 g/mol. The Morgan fingerprint density at radius 3 is 2.67 bits per heavy atom. The standard InChI is InChI=1S/C14H22N2O4S/c1-9-7-11(21-10(9)2)8-15-14(19)16-12(13(17)18)5-4-6-20-3/h7,12H,4-6,8H2,1-3H3,(H,17,18)(H2,15,16,19). The lowest BCUT2D eigenvalue weighted by molar-refractivity contribution is -0.139. The Morgan fingerprint density at radius 2 is 2.14 bits per heavy atom. The van der Waals surface area contributed by atoms with Gasteiger partial charge >= 0.3 is 12.0 Å². The fraction of sp³-hybridized carbons (Fsp3) is 0.571. The summed E-state index contributed by atoms with van der Waals surface area (Å²) in [7, 11) is 1.56. The van der Waals surface area contributed by atoms with E-state index in [2.05, 4.69) is 10.6 Å². The summed E-state index contributed by atoms with van der Waals surface area (Å²) in [5.74, 6) is -1.04. The molecule has 7 heteroatoms. The minimum atomic E-state index is -1.04. The molecule has 3 N–H and O–H groups in total. The van der Waals surface area contributed by atoms with Crippen molar-refractivity contribution < 1.29 is 19.4 Å². The maximum absolute atomic E-state index is 11.7. The van der Waals surface area contributed by atoms with E-state index in [0.29, 0.717) is 26.0 Å². The molecule has 1 unspecified atom stereocenters. The second-order valence-corrected chi connectivity index (χ2v) is 6.15. The second-order valence-electron chi connectivity index (χ2n) is 4.80. The van der Waals surface area contributed by atoms with Gasteiger partial charge in [-0.1, -0.05) is 0 Å². The normalized spacial score (nSPS) is 12.0. The Bertz CT molecular complexity index is 468. The number of urea groups is 1. The van der Waals surface area contributed by atoms with E-state index in [1.54, 1.807) is 18.4 Å². The van der Waals surface area contributed by atoms with Gasteiger partial charge < -0.3 is 20.5 Å². The highest BCUT2D eigenvalue weighted by Crippen LogP contribution is 2.20. The molecule has 1 aromatic rings. The van der Waals surface area contributed by atoms with E-state index >= 15 is 0 Å². The molecule has 0 aliphatic carbocycles. The van der Waals surface area contributed by atoms with E-state index in [4.69, 9.17) is 9.84 Å². The van der Waals surface area contributed by atoms with Gasteiger partial charge in [0.05, 0.1) is 6.54 Å². The summed E-state index contributed by atoms with van der Waals surface area (Å²) in [6, 6.07) is 0.656. The zero-order valence-electron chi connectivity index (χ0n) is 12.6. The van der Waals surface area contributed by atoms with Crippen molar-refractivity contribution in [2.75, 3.05) is 13.7 Å². The quantitative estimate of drug-likeness (QED) is 0.641. The van der Waals surface area contributed by atoms with Crippen molar-refractivity contribution in [2.45, 2.75) is 39.3 Å². The lowest BCUT2D eigenvalue weighted by Gasteiger charge is -2.14. The molecule has 0 bridgehead atoms. The number of methoxy groups -OCH3 is 1. The minimum absolute atomic E-state index is 0.341. The number of rotatable bonds is 8. The predicted octanol–water partition coefficient (Wildman–Crippen LogP) is 2.04. The van der Waals surface area contributed by atoms with Crippen LogP contribution < -0.4 is 10.6 Å². The highest BCUT2D eigenvalue weighted by atomic mass is 32.1. The van der Waals surface area contributed by atoms with Gasteiger partial charge in [-0.25, -0.2) is 9.59 Å². The minimum Gasteiger partial charge on any atom is -0.480 e. The molecule has 6 nitrogen and oxygen atoms in total. The highest BCUT2D eigenvalue weighted by molar-refractivity contribution is 7.12.